The topological polar surface area (TPSA) is 88.5 Å². The first kappa shape index (κ1) is 12.8. The van der Waals surface area contributed by atoms with Crippen molar-refractivity contribution in [3.63, 3.8) is 0 Å². The lowest BCUT2D eigenvalue weighted by Crippen LogP contribution is -2.42. The van der Waals surface area contributed by atoms with Crippen LogP contribution in [-0.2, 0) is 20.9 Å². The molecule has 1 fully saturated rings. The molecule has 0 spiro atoms. The third-order valence-electron chi connectivity index (χ3n) is 3.68. The van der Waals surface area contributed by atoms with E-state index in [1.165, 1.54) is 0 Å². The van der Waals surface area contributed by atoms with Gasteiger partial charge in [-0.2, -0.15) is 0 Å². The third kappa shape index (κ3) is 2.18. The number of rotatable bonds is 4. The number of carbonyl (C=O) groups is 2. The molecule has 4 atom stereocenters. The summed E-state index contributed by atoms with van der Waals surface area (Å²) in [5.41, 5.74) is 0.868. The fourth-order valence-electron chi connectivity index (χ4n) is 2.72. The molecule has 2 aliphatic heterocycles. The van der Waals surface area contributed by atoms with Gasteiger partial charge in [-0.25, -0.2) is 0 Å². The summed E-state index contributed by atoms with van der Waals surface area (Å²) in [6.45, 7) is 0.330. The minimum Gasteiger partial charge on any atom is -0.481 e. The molecule has 3 rings (SSSR count). The molecule has 6 heteroatoms. The number of fused-ring (bicyclic) bond motifs is 2. The van der Waals surface area contributed by atoms with Gasteiger partial charge < -0.3 is 15.2 Å². The van der Waals surface area contributed by atoms with Crippen LogP contribution in [0.2, 0.25) is 0 Å². The van der Waals surface area contributed by atoms with Crippen LogP contribution in [0.4, 0.5) is 0 Å². The number of ether oxygens (including phenoxy) is 1. The van der Waals surface area contributed by atoms with Gasteiger partial charge in [0, 0.05) is 18.9 Å². The largest absolute Gasteiger partial charge is 0.481 e. The second-order valence-electron chi connectivity index (χ2n) is 4.92. The molecule has 0 aliphatic carbocycles. The number of carboxylic acid groups (broad SMARTS) is 1. The second-order valence-corrected chi connectivity index (χ2v) is 4.92. The van der Waals surface area contributed by atoms with Gasteiger partial charge in [0.1, 0.15) is 5.92 Å². The number of carbonyl (C=O) groups excluding carboxylic acids is 1. The summed E-state index contributed by atoms with van der Waals surface area (Å²) in [5.74, 6) is -2.76. The SMILES string of the molecule is O=C(NCc1cccnc1)[C@@H]1[C@@H](C(=O)O)[C@H]2C=C[C@@H]1O2. The van der Waals surface area contributed by atoms with Crippen LogP contribution in [0.1, 0.15) is 5.56 Å². The first-order valence-electron chi connectivity index (χ1n) is 6.40. The van der Waals surface area contributed by atoms with Crippen molar-refractivity contribution in [2.24, 2.45) is 11.8 Å². The van der Waals surface area contributed by atoms with E-state index in [9.17, 15) is 14.7 Å². The highest BCUT2D eigenvalue weighted by atomic mass is 16.5. The smallest absolute Gasteiger partial charge is 0.310 e. The van der Waals surface area contributed by atoms with E-state index in [1.54, 1.807) is 30.6 Å². The Balaban J connectivity index is 1.68. The molecule has 20 heavy (non-hydrogen) atoms. The summed E-state index contributed by atoms with van der Waals surface area (Å²) >= 11 is 0. The lowest BCUT2D eigenvalue weighted by Gasteiger charge is -2.20. The molecule has 1 saturated heterocycles. The zero-order chi connectivity index (χ0) is 14.1. The van der Waals surface area contributed by atoms with Crippen molar-refractivity contribution >= 4 is 11.9 Å². The van der Waals surface area contributed by atoms with Crippen LogP contribution in [0.3, 0.4) is 0 Å². The maximum atomic E-state index is 12.2. The van der Waals surface area contributed by atoms with Crippen molar-refractivity contribution in [1.29, 1.82) is 0 Å². The van der Waals surface area contributed by atoms with Crippen LogP contribution in [0.5, 0.6) is 0 Å². The Morgan fingerprint density at radius 2 is 2.05 bits per heavy atom. The lowest BCUT2D eigenvalue weighted by atomic mass is 9.82. The zero-order valence-electron chi connectivity index (χ0n) is 10.6. The van der Waals surface area contributed by atoms with Gasteiger partial charge in [-0.3, -0.25) is 14.6 Å². The van der Waals surface area contributed by atoms with Crippen molar-refractivity contribution in [3.05, 3.63) is 42.2 Å². The molecule has 0 radical (unpaired) electrons. The van der Waals surface area contributed by atoms with Gasteiger partial charge in [0.2, 0.25) is 5.91 Å². The number of pyridine rings is 1. The molecule has 0 saturated carbocycles. The number of hydrogen-bond donors (Lipinski definition) is 2. The Morgan fingerprint density at radius 1 is 1.30 bits per heavy atom. The molecule has 1 aromatic rings. The monoisotopic (exact) mass is 274 g/mol. The molecule has 2 N–H and O–H groups in total. The number of amides is 1. The Bertz CT molecular complexity index is 558. The maximum absolute atomic E-state index is 12.2. The van der Waals surface area contributed by atoms with Gasteiger partial charge in [0.15, 0.2) is 0 Å². The van der Waals surface area contributed by atoms with Gasteiger partial charge in [0.05, 0.1) is 18.1 Å². The summed E-state index contributed by atoms with van der Waals surface area (Å²) in [5, 5.41) is 12.0. The average molecular weight is 274 g/mol. The van der Waals surface area contributed by atoms with Crippen molar-refractivity contribution in [2.45, 2.75) is 18.8 Å². The quantitative estimate of drug-likeness (QED) is 0.773. The molecule has 6 nitrogen and oxygen atoms in total. The summed E-state index contributed by atoms with van der Waals surface area (Å²) < 4.78 is 5.47. The Kier molecular flexibility index (Phi) is 3.23. The summed E-state index contributed by atoms with van der Waals surface area (Å²) in [6, 6.07) is 3.63. The number of aromatic nitrogens is 1. The van der Waals surface area contributed by atoms with E-state index in [0.717, 1.165) is 5.56 Å². The van der Waals surface area contributed by atoms with E-state index in [2.05, 4.69) is 10.3 Å². The number of aliphatic carboxylic acids is 1. The number of hydrogen-bond acceptors (Lipinski definition) is 4. The van der Waals surface area contributed by atoms with Crippen LogP contribution in [0.25, 0.3) is 0 Å². The van der Waals surface area contributed by atoms with Crippen LogP contribution < -0.4 is 5.32 Å². The van der Waals surface area contributed by atoms with Crippen LogP contribution >= 0.6 is 0 Å². The van der Waals surface area contributed by atoms with Crippen molar-refractivity contribution in [2.75, 3.05) is 0 Å². The lowest BCUT2D eigenvalue weighted by molar-refractivity contribution is -0.146. The van der Waals surface area contributed by atoms with Crippen molar-refractivity contribution < 1.29 is 19.4 Å². The van der Waals surface area contributed by atoms with E-state index < -0.39 is 30.0 Å². The highest BCUT2D eigenvalue weighted by Gasteiger charge is 2.53. The maximum Gasteiger partial charge on any atom is 0.310 e. The van der Waals surface area contributed by atoms with Crippen molar-refractivity contribution in [1.82, 2.24) is 10.3 Å². The Labute approximate surface area is 115 Å². The highest BCUT2D eigenvalue weighted by Crippen LogP contribution is 2.39. The number of nitrogens with one attached hydrogen (secondary N) is 1. The third-order valence-corrected chi connectivity index (χ3v) is 3.68. The molecular formula is C14H14N2O4. The molecular weight excluding hydrogens is 260 g/mol. The van der Waals surface area contributed by atoms with Crippen LogP contribution in [0.15, 0.2) is 36.7 Å². The predicted octanol–water partition coefficient (Wildman–Crippen LogP) is 0.352. The summed E-state index contributed by atoms with van der Waals surface area (Å²) in [7, 11) is 0. The molecule has 0 aromatic carbocycles. The van der Waals surface area contributed by atoms with Gasteiger partial charge in [-0.1, -0.05) is 18.2 Å². The fraction of sp³-hybridized carbons (Fsp3) is 0.357. The number of nitrogens with zero attached hydrogens (tertiary/aromatic N) is 1. The predicted molar refractivity (Wildman–Crippen MR) is 68.5 cm³/mol. The van der Waals surface area contributed by atoms with E-state index in [-0.39, 0.29) is 5.91 Å². The van der Waals surface area contributed by atoms with Crippen molar-refractivity contribution in [3.8, 4) is 0 Å². The van der Waals surface area contributed by atoms with Gasteiger partial charge in [-0.05, 0) is 11.6 Å². The fourth-order valence-corrected chi connectivity index (χ4v) is 2.72. The molecule has 0 unspecified atom stereocenters. The Hall–Kier alpha value is -2.21. The molecule has 2 bridgehead atoms. The van der Waals surface area contributed by atoms with Crippen LogP contribution in [-0.4, -0.2) is 34.2 Å². The van der Waals surface area contributed by atoms with Gasteiger partial charge in [0.25, 0.3) is 0 Å². The van der Waals surface area contributed by atoms with Gasteiger partial charge >= 0.3 is 5.97 Å². The van der Waals surface area contributed by atoms with E-state index >= 15 is 0 Å². The second kappa shape index (κ2) is 5.05. The molecule has 1 amide bonds. The zero-order valence-corrected chi connectivity index (χ0v) is 10.6. The molecule has 3 heterocycles. The van der Waals surface area contributed by atoms with E-state index in [0.29, 0.717) is 6.54 Å². The van der Waals surface area contributed by atoms with Crippen LogP contribution in [0, 0.1) is 11.8 Å². The highest BCUT2D eigenvalue weighted by molar-refractivity contribution is 5.87. The average Bonchev–Trinajstić information content (AvgIpc) is 3.06. The summed E-state index contributed by atoms with van der Waals surface area (Å²) in [4.78, 5) is 27.5. The number of carboxylic acids is 1. The minimum absolute atomic E-state index is 0.293. The first-order chi connectivity index (χ1) is 9.66. The molecule has 104 valence electrons. The Morgan fingerprint density at radius 3 is 2.70 bits per heavy atom. The minimum atomic E-state index is -0.997. The van der Waals surface area contributed by atoms with Gasteiger partial charge in [-0.15, -0.1) is 0 Å². The standard InChI is InChI=1S/C14H14N2O4/c17-13(16-7-8-2-1-5-15-6-8)11-9-3-4-10(20-9)12(11)14(18)19/h1-6,9-12H,7H2,(H,16,17)(H,18,19)/t9-,10+,11-,12-/m0/s1. The van der Waals surface area contributed by atoms with E-state index in [1.807, 2.05) is 6.07 Å². The summed E-state index contributed by atoms with van der Waals surface area (Å²) in [6.07, 6.45) is 5.86. The normalized spacial score (nSPS) is 30.4. The molecule has 2 aliphatic rings. The first-order valence-corrected chi connectivity index (χ1v) is 6.40. The van der Waals surface area contributed by atoms with E-state index in [4.69, 9.17) is 4.74 Å². The molecule has 1 aromatic heterocycles.